The van der Waals surface area contributed by atoms with Gasteiger partial charge in [0, 0.05) is 38.5 Å². The fourth-order valence-electron chi connectivity index (χ4n) is 4.40. The lowest BCUT2D eigenvalue weighted by Gasteiger charge is -2.33. The number of carboxylic acid groups (broad SMARTS) is 2. The van der Waals surface area contributed by atoms with Crippen LogP contribution in [0.1, 0.15) is 122 Å². The van der Waals surface area contributed by atoms with Crippen LogP contribution in [0, 0.1) is 0 Å². The molecule has 0 aliphatic heterocycles. The van der Waals surface area contributed by atoms with E-state index in [4.69, 9.17) is 10.2 Å². The van der Waals surface area contributed by atoms with E-state index in [0.717, 1.165) is 96.7 Å². The van der Waals surface area contributed by atoms with E-state index in [-0.39, 0.29) is 12.8 Å². The first-order valence-corrected chi connectivity index (χ1v) is 14.6. The molecule has 0 aliphatic carbocycles. The molecule has 0 aromatic rings. The first-order chi connectivity index (χ1) is 17.4. The third-order valence-corrected chi connectivity index (χ3v) is 6.59. The molecule has 0 rings (SSSR count). The Hall–Kier alpha value is -1.44. The van der Waals surface area contributed by atoms with Gasteiger partial charge >= 0.3 is 11.9 Å². The SMILES string of the molecule is CCCCC/C=C\CCC(CCCCCCC(=O)O)N(CCCCCCCC(=O)O)NCCN(C)C. The van der Waals surface area contributed by atoms with Gasteiger partial charge in [0.15, 0.2) is 0 Å². The molecule has 212 valence electrons. The van der Waals surface area contributed by atoms with Gasteiger partial charge in [0.05, 0.1) is 0 Å². The Kier molecular flexibility index (Phi) is 24.2. The minimum atomic E-state index is -0.698. The maximum absolute atomic E-state index is 10.8. The summed E-state index contributed by atoms with van der Waals surface area (Å²) in [6, 6.07) is 0.471. The highest BCUT2D eigenvalue weighted by molar-refractivity contribution is 5.66. The predicted octanol–water partition coefficient (Wildman–Crippen LogP) is 6.49. The summed E-state index contributed by atoms with van der Waals surface area (Å²) in [7, 11) is 4.20. The highest BCUT2D eigenvalue weighted by Crippen LogP contribution is 2.17. The lowest BCUT2D eigenvalue weighted by atomic mass is 10.0. The minimum Gasteiger partial charge on any atom is -0.481 e. The van der Waals surface area contributed by atoms with E-state index in [1.54, 1.807) is 0 Å². The summed E-state index contributed by atoms with van der Waals surface area (Å²) < 4.78 is 0. The molecule has 0 amide bonds. The summed E-state index contributed by atoms with van der Waals surface area (Å²) >= 11 is 0. The van der Waals surface area contributed by atoms with E-state index in [0.29, 0.717) is 6.04 Å². The van der Waals surface area contributed by atoms with Gasteiger partial charge in [0.25, 0.3) is 0 Å². The van der Waals surface area contributed by atoms with Crippen molar-refractivity contribution in [2.45, 2.75) is 129 Å². The fourth-order valence-corrected chi connectivity index (χ4v) is 4.40. The highest BCUT2D eigenvalue weighted by Gasteiger charge is 2.17. The van der Waals surface area contributed by atoms with Gasteiger partial charge in [-0.25, -0.2) is 5.01 Å². The largest absolute Gasteiger partial charge is 0.481 e. The van der Waals surface area contributed by atoms with Gasteiger partial charge in [0.2, 0.25) is 0 Å². The first kappa shape index (κ1) is 34.6. The Morgan fingerprint density at radius 3 is 1.92 bits per heavy atom. The molecule has 0 radical (unpaired) electrons. The number of unbranched alkanes of at least 4 members (excludes halogenated alkanes) is 10. The zero-order valence-electron chi connectivity index (χ0n) is 23.7. The number of nitrogens with zero attached hydrogens (tertiary/aromatic N) is 2. The molecule has 1 atom stereocenters. The molecular weight excluding hydrogens is 454 g/mol. The monoisotopic (exact) mass is 511 g/mol. The van der Waals surface area contributed by atoms with Crippen molar-refractivity contribution < 1.29 is 19.8 Å². The lowest BCUT2D eigenvalue weighted by molar-refractivity contribution is -0.138. The molecule has 7 nitrogen and oxygen atoms in total. The quantitative estimate of drug-likeness (QED) is 0.0659. The van der Waals surface area contributed by atoms with Crippen molar-refractivity contribution in [3.05, 3.63) is 12.2 Å². The van der Waals surface area contributed by atoms with Crippen molar-refractivity contribution >= 4 is 11.9 Å². The van der Waals surface area contributed by atoms with Crippen LogP contribution in [0.15, 0.2) is 12.2 Å². The molecule has 36 heavy (non-hydrogen) atoms. The summed E-state index contributed by atoms with van der Waals surface area (Å²) in [5, 5.41) is 20.1. The summed E-state index contributed by atoms with van der Waals surface area (Å²) in [5.41, 5.74) is 3.72. The molecule has 0 aromatic heterocycles. The summed E-state index contributed by atoms with van der Waals surface area (Å²) in [5.74, 6) is -1.39. The van der Waals surface area contributed by atoms with Crippen molar-refractivity contribution in [3.63, 3.8) is 0 Å². The van der Waals surface area contributed by atoms with Gasteiger partial charge in [-0.3, -0.25) is 15.0 Å². The van der Waals surface area contributed by atoms with Gasteiger partial charge < -0.3 is 15.1 Å². The third-order valence-electron chi connectivity index (χ3n) is 6.59. The summed E-state index contributed by atoms with van der Waals surface area (Å²) in [4.78, 5) is 23.7. The number of hydrazine groups is 1. The maximum atomic E-state index is 10.8. The molecule has 7 heteroatoms. The number of hydrogen-bond donors (Lipinski definition) is 3. The Labute approximate surface area is 221 Å². The Morgan fingerprint density at radius 2 is 1.31 bits per heavy atom. The van der Waals surface area contributed by atoms with Crippen LogP contribution < -0.4 is 5.43 Å². The summed E-state index contributed by atoms with van der Waals surface area (Å²) in [6.07, 6.45) is 22.7. The minimum absolute atomic E-state index is 0.275. The molecular formula is C29H57N3O4. The Morgan fingerprint density at radius 1 is 0.722 bits per heavy atom. The molecule has 0 saturated heterocycles. The van der Waals surface area contributed by atoms with Crippen molar-refractivity contribution in [2.75, 3.05) is 33.7 Å². The molecule has 1 unspecified atom stereocenters. The van der Waals surface area contributed by atoms with E-state index in [1.807, 2.05) is 0 Å². The van der Waals surface area contributed by atoms with Crippen LogP contribution in [-0.4, -0.2) is 71.8 Å². The fraction of sp³-hybridized carbons (Fsp3) is 0.862. The second kappa shape index (κ2) is 25.2. The highest BCUT2D eigenvalue weighted by atomic mass is 16.4. The smallest absolute Gasteiger partial charge is 0.303 e. The molecule has 0 saturated carbocycles. The van der Waals surface area contributed by atoms with Crippen LogP contribution in [0.25, 0.3) is 0 Å². The molecule has 0 heterocycles. The van der Waals surface area contributed by atoms with Gasteiger partial charge in [0.1, 0.15) is 0 Å². The average molecular weight is 512 g/mol. The maximum Gasteiger partial charge on any atom is 0.303 e. The third kappa shape index (κ3) is 24.3. The van der Waals surface area contributed by atoms with Crippen LogP contribution in [0.3, 0.4) is 0 Å². The number of hydrogen-bond acceptors (Lipinski definition) is 5. The zero-order valence-corrected chi connectivity index (χ0v) is 23.7. The van der Waals surface area contributed by atoms with Gasteiger partial charge in [-0.15, -0.1) is 0 Å². The van der Waals surface area contributed by atoms with Crippen LogP contribution in [0.2, 0.25) is 0 Å². The standard InChI is InChI=1S/C29H57N3O4/c1-4-5-6-7-8-10-15-20-27(21-16-12-13-18-23-29(35)36)32(30-24-26-31(2)3)25-19-14-9-11-17-22-28(33)34/h8,10,27,30H,4-7,9,11-26H2,1-3H3,(H,33,34)(H,35,36)/b10-8-. The second-order valence-electron chi connectivity index (χ2n) is 10.4. The van der Waals surface area contributed by atoms with Crippen molar-refractivity contribution in [3.8, 4) is 0 Å². The van der Waals surface area contributed by atoms with Crippen molar-refractivity contribution in [2.24, 2.45) is 0 Å². The zero-order chi connectivity index (χ0) is 26.9. The molecule has 0 aliphatic rings. The Bertz CT molecular complexity index is 555. The first-order valence-electron chi connectivity index (χ1n) is 14.6. The average Bonchev–Trinajstić information content (AvgIpc) is 2.82. The number of carbonyl (C=O) groups is 2. The van der Waals surface area contributed by atoms with Crippen LogP contribution in [-0.2, 0) is 9.59 Å². The van der Waals surface area contributed by atoms with Crippen molar-refractivity contribution in [1.82, 2.24) is 15.3 Å². The van der Waals surface area contributed by atoms with Gasteiger partial charge in [-0.1, -0.05) is 70.4 Å². The van der Waals surface area contributed by atoms with E-state index in [9.17, 15) is 9.59 Å². The van der Waals surface area contributed by atoms with E-state index in [2.05, 4.69) is 48.5 Å². The normalized spacial score (nSPS) is 12.7. The molecule has 0 aromatic carbocycles. The molecule has 0 bridgehead atoms. The van der Waals surface area contributed by atoms with Gasteiger partial charge in [-0.05, 0) is 65.5 Å². The number of allylic oxidation sites excluding steroid dienone is 2. The van der Waals surface area contributed by atoms with Crippen LogP contribution in [0.4, 0.5) is 0 Å². The summed E-state index contributed by atoms with van der Waals surface area (Å²) in [6.45, 7) is 5.17. The molecule has 0 spiro atoms. The Balaban J connectivity index is 4.79. The van der Waals surface area contributed by atoms with E-state index < -0.39 is 11.9 Å². The topological polar surface area (TPSA) is 93.1 Å². The second-order valence-corrected chi connectivity index (χ2v) is 10.4. The van der Waals surface area contributed by atoms with Gasteiger partial charge in [-0.2, -0.15) is 0 Å². The van der Waals surface area contributed by atoms with E-state index >= 15 is 0 Å². The number of carboxylic acids is 2. The number of likely N-dealkylation sites (N-methyl/N-ethyl adjacent to an activating group) is 1. The molecule has 0 fully saturated rings. The lowest BCUT2D eigenvalue weighted by Crippen LogP contribution is -2.48. The number of aliphatic carboxylic acids is 2. The predicted molar refractivity (Wildman–Crippen MR) is 150 cm³/mol. The van der Waals surface area contributed by atoms with Crippen molar-refractivity contribution in [1.29, 1.82) is 0 Å². The van der Waals surface area contributed by atoms with Crippen LogP contribution >= 0.6 is 0 Å². The van der Waals surface area contributed by atoms with Crippen LogP contribution in [0.5, 0.6) is 0 Å². The molecule has 3 N–H and O–H groups in total. The number of rotatable bonds is 27. The van der Waals surface area contributed by atoms with E-state index in [1.165, 1.54) is 25.7 Å². The number of nitrogens with one attached hydrogen (secondary N) is 1.